The molecule has 2 amide bonds. The van der Waals surface area contributed by atoms with Crippen LogP contribution in [0.1, 0.15) is 70.2 Å². The van der Waals surface area contributed by atoms with E-state index in [9.17, 15) is 24.3 Å². The van der Waals surface area contributed by atoms with E-state index < -0.39 is 17.8 Å². The third-order valence-corrected chi connectivity index (χ3v) is 6.32. The lowest BCUT2D eigenvalue weighted by Crippen LogP contribution is -2.24. The molecular weight excluding hydrogens is 432 g/mol. The number of carbonyl (C=O) groups excluding carboxylic acids is 4. The van der Waals surface area contributed by atoms with Gasteiger partial charge in [-0.05, 0) is 68.9 Å². The number of hydrogen-bond acceptors (Lipinski definition) is 7. The molecule has 1 aliphatic carbocycles. The lowest BCUT2D eigenvalue weighted by Gasteiger charge is -2.11. The molecule has 9 heteroatoms. The van der Waals surface area contributed by atoms with Gasteiger partial charge in [0.05, 0.1) is 17.7 Å². The van der Waals surface area contributed by atoms with Gasteiger partial charge in [0.1, 0.15) is 5.00 Å². The summed E-state index contributed by atoms with van der Waals surface area (Å²) in [6, 6.07) is 6.38. The summed E-state index contributed by atoms with van der Waals surface area (Å²) in [6.45, 7) is 2.00. The number of carbonyl (C=O) groups is 4. The summed E-state index contributed by atoms with van der Waals surface area (Å²) in [6.07, 6.45) is 4.02. The highest BCUT2D eigenvalue weighted by Gasteiger charge is 2.26. The summed E-state index contributed by atoms with van der Waals surface area (Å²) in [4.78, 5) is 48.9. The SMILES string of the molecule is CCOC(=O)c1ccc(NC(=O)c2c(NC(=O)CCC(=O)[O-])sc3c2CCCCC3)cc1. The van der Waals surface area contributed by atoms with Crippen LogP contribution in [0.25, 0.3) is 0 Å². The minimum Gasteiger partial charge on any atom is -0.550 e. The number of carboxylic acid groups (broad SMARTS) is 1. The molecule has 0 fully saturated rings. The van der Waals surface area contributed by atoms with Crippen molar-refractivity contribution < 1.29 is 29.0 Å². The largest absolute Gasteiger partial charge is 0.550 e. The van der Waals surface area contributed by atoms with Crippen molar-refractivity contribution in [3.8, 4) is 0 Å². The van der Waals surface area contributed by atoms with Gasteiger partial charge in [0.25, 0.3) is 5.91 Å². The van der Waals surface area contributed by atoms with Crippen LogP contribution in [0, 0.1) is 0 Å². The maximum absolute atomic E-state index is 13.2. The fourth-order valence-electron chi connectivity index (χ4n) is 3.57. The predicted molar refractivity (Wildman–Crippen MR) is 119 cm³/mol. The summed E-state index contributed by atoms with van der Waals surface area (Å²) >= 11 is 1.37. The van der Waals surface area contributed by atoms with Crippen LogP contribution in [-0.4, -0.2) is 30.4 Å². The zero-order valence-corrected chi connectivity index (χ0v) is 18.6. The van der Waals surface area contributed by atoms with E-state index in [1.807, 2.05) is 0 Å². The van der Waals surface area contributed by atoms with Gasteiger partial charge in [-0.25, -0.2) is 4.79 Å². The fraction of sp³-hybridized carbons (Fsp3) is 0.391. The van der Waals surface area contributed by atoms with E-state index in [1.54, 1.807) is 31.2 Å². The third kappa shape index (κ3) is 5.94. The molecule has 32 heavy (non-hydrogen) atoms. The Morgan fingerprint density at radius 2 is 1.72 bits per heavy atom. The molecule has 0 saturated heterocycles. The summed E-state index contributed by atoms with van der Waals surface area (Å²) in [5.74, 6) is -2.57. The smallest absolute Gasteiger partial charge is 0.338 e. The van der Waals surface area contributed by atoms with Crippen molar-refractivity contribution in [1.82, 2.24) is 0 Å². The van der Waals surface area contributed by atoms with Crippen LogP contribution < -0.4 is 15.7 Å². The number of ether oxygens (including phenoxy) is 1. The topological polar surface area (TPSA) is 125 Å². The van der Waals surface area contributed by atoms with Crippen LogP contribution in [0.2, 0.25) is 0 Å². The van der Waals surface area contributed by atoms with Gasteiger partial charge in [-0.2, -0.15) is 0 Å². The number of anilines is 2. The van der Waals surface area contributed by atoms with Gasteiger partial charge in [-0.1, -0.05) is 6.42 Å². The molecule has 0 aliphatic heterocycles. The Kier molecular flexibility index (Phi) is 7.99. The Balaban J connectivity index is 1.82. The zero-order valence-electron chi connectivity index (χ0n) is 17.8. The Bertz CT molecular complexity index is 1010. The molecule has 0 spiro atoms. The van der Waals surface area contributed by atoms with Crippen LogP contribution in [0.3, 0.4) is 0 Å². The Morgan fingerprint density at radius 1 is 1.00 bits per heavy atom. The molecule has 170 valence electrons. The van der Waals surface area contributed by atoms with Crippen molar-refractivity contribution in [2.45, 2.75) is 51.9 Å². The molecule has 0 unspecified atom stereocenters. The maximum Gasteiger partial charge on any atom is 0.338 e. The van der Waals surface area contributed by atoms with Crippen molar-refractivity contribution >= 4 is 45.8 Å². The molecule has 2 aromatic rings. The number of hydrogen-bond donors (Lipinski definition) is 2. The quantitative estimate of drug-likeness (QED) is 0.464. The number of aliphatic carboxylic acids is 1. The van der Waals surface area contributed by atoms with Crippen molar-refractivity contribution in [2.75, 3.05) is 17.2 Å². The molecule has 1 heterocycles. The fourth-order valence-corrected chi connectivity index (χ4v) is 4.88. The van der Waals surface area contributed by atoms with E-state index >= 15 is 0 Å². The summed E-state index contributed by atoms with van der Waals surface area (Å²) in [5, 5.41) is 16.6. The van der Waals surface area contributed by atoms with E-state index in [4.69, 9.17) is 4.74 Å². The van der Waals surface area contributed by atoms with Gasteiger partial charge in [0, 0.05) is 23.0 Å². The molecule has 8 nitrogen and oxygen atoms in total. The van der Waals surface area contributed by atoms with Crippen molar-refractivity contribution in [1.29, 1.82) is 0 Å². The molecule has 2 N–H and O–H groups in total. The van der Waals surface area contributed by atoms with Crippen molar-refractivity contribution in [2.24, 2.45) is 0 Å². The molecule has 0 atom stereocenters. The third-order valence-electron chi connectivity index (χ3n) is 5.11. The van der Waals surface area contributed by atoms with Crippen LogP contribution in [-0.2, 0) is 27.2 Å². The number of esters is 1. The number of carboxylic acids is 1. The lowest BCUT2D eigenvalue weighted by atomic mass is 10.0. The first-order valence-corrected chi connectivity index (χ1v) is 11.4. The summed E-state index contributed by atoms with van der Waals surface area (Å²) < 4.78 is 4.96. The average molecular weight is 458 g/mol. The standard InChI is InChI=1S/C23H26N2O6S/c1-2-31-23(30)14-8-10-15(11-9-14)24-21(29)20-16-6-4-3-5-7-17(16)32-22(20)25-18(26)12-13-19(27)28/h8-11H,2-7,12-13H2,1H3,(H,24,29)(H,25,26)(H,27,28)/p-1. The highest BCUT2D eigenvalue weighted by molar-refractivity contribution is 7.17. The molecule has 1 aromatic carbocycles. The Labute approximate surface area is 190 Å². The molecule has 3 rings (SSSR count). The van der Waals surface area contributed by atoms with Crippen LogP contribution in [0.4, 0.5) is 10.7 Å². The molecule has 1 aromatic heterocycles. The van der Waals surface area contributed by atoms with Crippen LogP contribution in [0.15, 0.2) is 24.3 Å². The normalized spacial score (nSPS) is 12.9. The number of amides is 2. The van der Waals surface area contributed by atoms with E-state index in [1.165, 1.54) is 11.3 Å². The molecule has 0 bridgehead atoms. The summed E-state index contributed by atoms with van der Waals surface area (Å²) in [5.41, 5.74) is 2.24. The zero-order chi connectivity index (χ0) is 23.1. The monoisotopic (exact) mass is 457 g/mol. The van der Waals surface area contributed by atoms with E-state index in [0.29, 0.717) is 21.8 Å². The van der Waals surface area contributed by atoms with E-state index in [2.05, 4.69) is 10.6 Å². The molecule has 1 aliphatic rings. The highest BCUT2D eigenvalue weighted by Crippen LogP contribution is 2.38. The highest BCUT2D eigenvalue weighted by atomic mass is 32.1. The van der Waals surface area contributed by atoms with Gasteiger partial charge < -0.3 is 25.3 Å². The number of benzene rings is 1. The average Bonchev–Trinajstić information content (AvgIpc) is 2.93. The second kappa shape index (κ2) is 10.9. The number of nitrogens with one attached hydrogen (secondary N) is 2. The van der Waals surface area contributed by atoms with Gasteiger partial charge in [-0.3, -0.25) is 9.59 Å². The number of thiophene rings is 1. The first kappa shape index (κ1) is 23.5. The second-order valence-corrected chi connectivity index (χ2v) is 8.55. The van der Waals surface area contributed by atoms with Crippen LogP contribution in [0.5, 0.6) is 0 Å². The van der Waals surface area contributed by atoms with Crippen molar-refractivity contribution in [3.05, 3.63) is 45.8 Å². The van der Waals surface area contributed by atoms with E-state index in [0.717, 1.165) is 42.5 Å². The minimum atomic E-state index is -1.30. The summed E-state index contributed by atoms with van der Waals surface area (Å²) in [7, 11) is 0. The van der Waals surface area contributed by atoms with Crippen LogP contribution >= 0.6 is 11.3 Å². The number of aryl methyl sites for hydroxylation is 1. The molecule has 0 radical (unpaired) electrons. The van der Waals surface area contributed by atoms with Gasteiger partial charge in [-0.15, -0.1) is 11.3 Å². The van der Waals surface area contributed by atoms with Gasteiger partial charge in [0.15, 0.2) is 0 Å². The number of rotatable bonds is 8. The minimum absolute atomic E-state index is 0.221. The number of fused-ring (bicyclic) bond motifs is 1. The molecule has 0 saturated carbocycles. The Hall–Kier alpha value is -3.20. The first-order valence-electron chi connectivity index (χ1n) is 10.6. The van der Waals surface area contributed by atoms with Crippen molar-refractivity contribution in [3.63, 3.8) is 0 Å². The van der Waals surface area contributed by atoms with E-state index in [-0.39, 0.29) is 25.4 Å². The van der Waals surface area contributed by atoms with Gasteiger partial charge >= 0.3 is 5.97 Å². The molecular formula is C23H25N2O6S-. The predicted octanol–water partition coefficient (Wildman–Crippen LogP) is 2.91. The maximum atomic E-state index is 13.2. The Morgan fingerprint density at radius 3 is 2.41 bits per heavy atom. The first-order chi connectivity index (χ1) is 15.4. The second-order valence-electron chi connectivity index (χ2n) is 7.44. The van der Waals surface area contributed by atoms with Gasteiger partial charge in [0.2, 0.25) is 5.91 Å². The lowest BCUT2D eigenvalue weighted by molar-refractivity contribution is -0.305.